The number of amides is 1. The first-order valence-electron chi connectivity index (χ1n) is 3.34. The van der Waals surface area contributed by atoms with E-state index in [9.17, 15) is 9.90 Å². The molecular weight excluding hydrogens is 178 g/mol. The largest absolute Gasteiger partial charge is 0.454 e. The number of carbonyl (C=O) groups is 1. The quantitative estimate of drug-likeness (QED) is 0.717. The van der Waals surface area contributed by atoms with Crippen LogP contribution in [0.2, 0.25) is 5.02 Å². The first kappa shape index (κ1) is 8.87. The van der Waals surface area contributed by atoms with Crippen molar-refractivity contribution in [3.05, 3.63) is 28.8 Å². The van der Waals surface area contributed by atoms with Crippen LogP contribution >= 0.6 is 11.6 Å². The molecule has 3 nitrogen and oxygen atoms in total. The van der Waals surface area contributed by atoms with E-state index in [1.807, 2.05) is 0 Å². The van der Waals surface area contributed by atoms with Gasteiger partial charge >= 0.3 is 6.09 Å². The van der Waals surface area contributed by atoms with Crippen molar-refractivity contribution in [1.29, 1.82) is 0 Å². The van der Waals surface area contributed by atoms with Crippen LogP contribution in [-0.4, -0.2) is 6.09 Å². The van der Waals surface area contributed by atoms with Crippen LogP contribution in [0.15, 0.2) is 18.2 Å². The molecule has 0 atom stereocenters. The van der Waals surface area contributed by atoms with Crippen LogP contribution in [0.25, 0.3) is 0 Å². The molecule has 1 N–H and O–H groups in total. The third kappa shape index (κ3) is 1.89. The Kier molecular flexibility index (Phi) is 2.55. The molecule has 4 heteroatoms. The Labute approximate surface area is 75.0 Å². The second-order valence-corrected chi connectivity index (χ2v) is 2.73. The first-order valence-corrected chi connectivity index (χ1v) is 3.72. The van der Waals surface area contributed by atoms with Crippen LogP contribution in [0.3, 0.4) is 0 Å². The van der Waals surface area contributed by atoms with Gasteiger partial charge in [0.15, 0.2) is 0 Å². The van der Waals surface area contributed by atoms with Gasteiger partial charge in [-0.15, -0.1) is 0 Å². The third-order valence-corrected chi connectivity index (χ3v) is 1.91. The molecule has 63 valence electrons. The number of nitrogens with one attached hydrogen (secondary N) is 1. The molecule has 0 unspecified atom stereocenters. The minimum absolute atomic E-state index is 0.461. The van der Waals surface area contributed by atoms with Gasteiger partial charge in [0.25, 0.3) is 0 Å². The lowest BCUT2D eigenvalue weighted by atomic mass is 10.2. The summed E-state index contributed by atoms with van der Waals surface area (Å²) >= 11 is 5.74. The fourth-order valence-electron chi connectivity index (χ4n) is 0.853. The molecular formula is C8H7ClNO2. The van der Waals surface area contributed by atoms with Crippen molar-refractivity contribution in [2.45, 2.75) is 6.92 Å². The van der Waals surface area contributed by atoms with E-state index in [-0.39, 0.29) is 0 Å². The molecule has 1 aromatic rings. The summed E-state index contributed by atoms with van der Waals surface area (Å²) in [5.41, 5.74) is 1.16. The SMILES string of the molecule is Cc1c(Cl)cccc1NC([O])=O. The molecule has 0 aliphatic carbocycles. The predicted molar refractivity (Wildman–Crippen MR) is 45.9 cm³/mol. The fourth-order valence-corrected chi connectivity index (χ4v) is 1.03. The molecule has 12 heavy (non-hydrogen) atoms. The topological polar surface area (TPSA) is 49.0 Å². The van der Waals surface area contributed by atoms with Gasteiger partial charge in [0, 0.05) is 10.7 Å². The summed E-state index contributed by atoms with van der Waals surface area (Å²) in [6.45, 7) is 1.73. The Balaban J connectivity index is 3.00. The molecule has 0 heterocycles. The van der Waals surface area contributed by atoms with E-state index in [4.69, 9.17) is 11.6 Å². The molecule has 1 rings (SSSR count). The molecule has 0 fully saturated rings. The van der Waals surface area contributed by atoms with Crippen LogP contribution in [0.1, 0.15) is 5.56 Å². The van der Waals surface area contributed by atoms with Gasteiger partial charge < -0.3 is 0 Å². The highest BCUT2D eigenvalue weighted by atomic mass is 35.5. The highest BCUT2D eigenvalue weighted by Crippen LogP contribution is 2.22. The fraction of sp³-hybridized carbons (Fsp3) is 0.125. The van der Waals surface area contributed by atoms with E-state index in [0.29, 0.717) is 16.3 Å². The lowest BCUT2D eigenvalue weighted by molar-refractivity contribution is 0.185. The summed E-state index contributed by atoms with van der Waals surface area (Å²) in [7, 11) is 0. The van der Waals surface area contributed by atoms with Crippen LogP contribution in [0, 0.1) is 6.92 Å². The standard InChI is InChI=1S/C8H7ClNO2/c1-5-6(9)3-2-4-7(5)10-8(11)12/h2-4,10H,1H3. The van der Waals surface area contributed by atoms with E-state index in [2.05, 4.69) is 5.32 Å². The van der Waals surface area contributed by atoms with Crippen LogP contribution < -0.4 is 5.32 Å². The number of rotatable bonds is 1. The molecule has 0 aromatic heterocycles. The monoisotopic (exact) mass is 184 g/mol. The minimum atomic E-state index is -1.33. The summed E-state index contributed by atoms with van der Waals surface area (Å²) in [5, 5.41) is 12.8. The van der Waals surface area contributed by atoms with Gasteiger partial charge in [0.1, 0.15) is 0 Å². The lowest BCUT2D eigenvalue weighted by Crippen LogP contribution is -2.06. The maximum absolute atomic E-state index is 10.2. The van der Waals surface area contributed by atoms with Crippen LogP contribution in [-0.2, 0) is 5.11 Å². The van der Waals surface area contributed by atoms with Gasteiger partial charge in [-0.3, -0.25) is 5.32 Å². The molecule has 1 radical (unpaired) electrons. The smallest absolute Gasteiger partial charge is 0.288 e. The van der Waals surface area contributed by atoms with E-state index in [1.165, 1.54) is 0 Å². The maximum atomic E-state index is 10.2. The minimum Gasteiger partial charge on any atom is -0.288 e. The number of hydrogen-bond donors (Lipinski definition) is 1. The number of benzene rings is 1. The molecule has 0 aliphatic heterocycles. The highest BCUT2D eigenvalue weighted by molar-refractivity contribution is 6.31. The number of carbonyl (C=O) groups excluding carboxylic acids is 1. The van der Waals surface area contributed by atoms with Crippen LogP contribution in [0.5, 0.6) is 0 Å². The van der Waals surface area contributed by atoms with Gasteiger partial charge in [0.05, 0.1) is 0 Å². The van der Waals surface area contributed by atoms with Crippen molar-refractivity contribution in [2.24, 2.45) is 0 Å². The van der Waals surface area contributed by atoms with Crippen LogP contribution in [0.4, 0.5) is 10.5 Å². The average Bonchev–Trinajstić information content (AvgIpc) is 1.98. The zero-order valence-electron chi connectivity index (χ0n) is 6.43. The Bertz CT molecular complexity index is 312. The summed E-state index contributed by atoms with van der Waals surface area (Å²) in [6.07, 6.45) is -1.33. The molecule has 0 saturated carbocycles. The highest BCUT2D eigenvalue weighted by Gasteiger charge is 2.04. The van der Waals surface area contributed by atoms with Gasteiger partial charge in [-0.2, -0.15) is 0 Å². The zero-order valence-corrected chi connectivity index (χ0v) is 7.18. The molecule has 1 amide bonds. The Hall–Kier alpha value is -1.22. The van der Waals surface area contributed by atoms with E-state index >= 15 is 0 Å². The summed E-state index contributed by atoms with van der Waals surface area (Å²) < 4.78 is 0. The van der Waals surface area contributed by atoms with Gasteiger partial charge in [-0.25, -0.2) is 9.90 Å². The Morgan fingerprint density at radius 3 is 2.75 bits per heavy atom. The predicted octanol–water partition coefficient (Wildman–Crippen LogP) is 2.61. The Morgan fingerprint density at radius 1 is 1.50 bits per heavy atom. The normalized spacial score (nSPS) is 9.50. The van der Waals surface area contributed by atoms with E-state index < -0.39 is 6.09 Å². The maximum Gasteiger partial charge on any atom is 0.454 e. The van der Waals surface area contributed by atoms with Crippen molar-refractivity contribution in [1.82, 2.24) is 0 Å². The van der Waals surface area contributed by atoms with Gasteiger partial charge in [0.2, 0.25) is 0 Å². The first-order chi connectivity index (χ1) is 5.61. The molecule has 0 aliphatic rings. The number of hydrogen-bond acceptors (Lipinski definition) is 1. The second kappa shape index (κ2) is 3.45. The Morgan fingerprint density at radius 2 is 2.17 bits per heavy atom. The summed E-state index contributed by atoms with van der Waals surface area (Å²) in [4.78, 5) is 10.2. The zero-order chi connectivity index (χ0) is 9.14. The summed E-state index contributed by atoms with van der Waals surface area (Å²) in [5.74, 6) is 0. The van der Waals surface area contributed by atoms with E-state index in [0.717, 1.165) is 0 Å². The van der Waals surface area contributed by atoms with Crippen molar-refractivity contribution < 1.29 is 9.90 Å². The average molecular weight is 185 g/mol. The van der Waals surface area contributed by atoms with Crippen molar-refractivity contribution in [3.8, 4) is 0 Å². The lowest BCUT2D eigenvalue weighted by Gasteiger charge is -2.04. The molecule has 0 spiro atoms. The van der Waals surface area contributed by atoms with E-state index in [1.54, 1.807) is 25.1 Å². The summed E-state index contributed by atoms with van der Waals surface area (Å²) in [6, 6.07) is 4.98. The number of halogens is 1. The molecule has 0 saturated heterocycles. The molecule has 1 aromatic carbocycles. The van der Waals surface area contributed by atoms with Crippen molar-refractivity contribution >= 4 is 23.4 Å². The van der Waals surface area contributed by atoms with Gasteiger partial charge in [-0.1, -0.05) is 17.7 Å². The van der Waals surface area contributed by atoms with Crippen molar-refractivity contribution in [2.75, 3.05) is 5.32 Å². The van der Waals surface area contributed by atoms with Gasteiger partial charge in [-0.05, 0) is 24.6 Å². The molecule has 0 bridgehead atoms. The van der Waals surface area contributed by atoms with Crippen molar-refractivity contribution in [3.63, 3.8) is 0 Å². The second-order valence-electron chi connectivity index (χ2n) is 2.32. The number of anilines is 1. The third-order valence-electron chi connectivity index (χ3n) is 1.50.